The molecule has 2 aromatic rings. The van der Waals surface area contributed by atoms with Crippen LogP contribution in [0.3, 0.4) is 0 Å². The molecule has 0 atom stereocenters. The minimum atomic E-state index is -0.242. The molecule has 4 nitrogen and oxygen atoms in total. The zero-order valence-electron chi connectivity index (χ0n) is 10.9. The first-order valence-electron chi connectivity index (χ1n) is 6.00. The normalized spacial score (nSPS) is 10.6. The minimum absolute atomic E-state index is 0.242. The van der Waals surface area contributed by atoms with Crippen LogP contribution in [-0.2, 0) is 4.79 Å². The van der Waals surface area contributed by atoms with Crippen LogP contribution < -0.4 is 5.32 Å². The largest absolute Gasteiger partial charge is 0.291 e. The molecule has 0 fully saturated rings. The summed E-state index contributed by atoms with van der Waals surface area (Å²) >= 11 is 0. The van der Waals surface area contributed by atoms with E-state index in [4.69, 9.17) is 0 Å². The molecule has 1 aromatic heterocycles. The molecule has 96 valence electrons. The summed E-state index contributed by atoms with van der Waals surface area (Å²) in [7, 11) is 0. The molecule has 0 saturated carbocycles. The van der Waals surface area contributed by atoms with Crippen LogP contribution in [0, 0.1) is 13.8 Å². The zero-order chi connectivity index (χ0) is 13.7. The molecular weight excluding hydrogens is 238 g/mol. The molecule has 2 rings (SSSR count). The van der Waals surface area contributed by atoms with Crippen LogP contribution in [0.25, 0.3) is 6.08 Å². The maximum Gasteiger partial charge on any atom is 0.250 e. The van der Waals surface area contributed by atoms with E-state index in [-0.39, 0.29) is 5.91 Å². The first kappa shape index (κ1) is 13.0. The van der Waals surface area contributed by atoms with Crippen molar-refractivity contribution >= 4 is 17.9 Å². The molecule has 0 aliphatic rings. The van der Waals surface area contributed by atoms with Crippen molar-refractivity contribution in [2.75, 3.05) is 5.32 Å². The van der Waals surface area contributed by atoms with Crippen molar-refractivity contribution in [1.82, 2.24) is 9.97 Å². The van der Waals surface area contributed by atoms with Gasteiger partial charge in [-0.15, -0.1) is 0 Å². The van der Waals surface area contributed by atoms with Gasteiger partial charge in [-0.05, 0) is 31.6 Å². The van der Waals surface area contributed by atoms with E-state index in [1.54, 1.807) is 6.08 Å². The third kappa shape index (κ3) is 4.03. The van der Waals surface area contributed by atoms with Gasteiger partial charge in [-0.2, -0.15) is 0 Å². The number of anilines is 1. The fourth-order valence-electron chi connectivity index (χ4n) is 1.67. The van der Waals surface area contributed by atoms with E-state index in [0.29, 0.717) is 5.95 Å². The Morgan fingerprint density at radius 2 is 1.74 bits per heavy atom. The van der Waals surface area contributed by atoms with Crippen LogP contribution in [-0.4, -0.2) is 15.9 Å². The second-order valence-corrected chi connectivity index (χ2v) is 4.21. The monoisotopic (exact) mass is 253 g/mol. The maximum absolute atomic E-state index is 11.7. The van der Waals surface area contributed by atoms with Crippen LogP contribution in [0.4, 0.5) is 5.95 Å². The highest BCUT2D eigenvalue weighted by molar-refractivity contribution is 6.00. The molecular formula is C15H15N3O. The third-order valence-corrected chi connectivity index (χ3v) is 2.44. The number of aromatic nitrogens is 2. The van der Waals surface area contributed by atoms with Crippen molar-refractivity contribution in [3.63, 3.8) is 0 Å². The second kappa shape index (κ2) is 5.91. The van der Waals surface area contributed by atoms with Gasteiger partial charge in [0.1, 0.15) is 0 Å². The van der Waals surface area contributed by atoms with Crippen LogP contribution in [0.15, 0.2) is 42.5 Å². The van der Waals surface area contributed by atoms with Crippen molar-refractivity contribution in [2.45, 2.75) is 13.8 Å². The Morgan fingerprint density at radius 1 is 1.11 bits per heavy atom. The molecule has 1 aromatic carbocycles. The number of aryl methyl sites for hydroxylation is 2. The van der Waals surface area contributed by atoms with Gasteiger partial charge in [0, 0.05) is 17.5 Å². The highest BCUT2D eigenvalue weighted by atomic mass is 16.1. The summed E-state index contributed by atoms with van der Waals surface area (Å²) in [6.07, 6.45) is 3.22. The summed E-state index contributed by atoms with van der Waals surface area (Å²) in [6, 6.07) is 11.5. The van der Waals surface area contributed by atoms with Gasteiger partial charge in [0.2, 0.25) is 5.95 Å². The molecule has 0 unspecified atom stereocenters. The van der Waals surface area contributed by atoms with Crippen LogP contribution in [0.2, 0.25) is 0 Å². The molecule has 0 radical (unpaired) electrons. The van der Waals surface area contributed by atoms with Gasteiger partial charge < -0.3 is 0 Å². The van der Waals surface area contributed by atoms with Crippen molar-refractivity contribution in [1.29, 1.82) is 0 Å². The lowest BCUT2D eigenvalue weighted by Gasteiger charge is -2.02. The highest BCUT2D eigenvalue weighted by Crippen LogP contribution is 2.05. The average molecular weight is 253 g/mol. The maximum atomic E-state index is 11.7. The molecule has 0 aliphatic heterocycles. The van der Waals surface area contributed by atoms with Crippen molar-refractivity contribution < 1.29 is 4.79 Å². The lowest BCUT2D eigenvalue weighted by atomic mass is 10.2. The van der Waals surface area contributed by atoms with E-state index in [1.807, 2.05) is 50.2 Å². The fourth-order valence-corrected chi connectivity index (χ4v) is 1.67. The van der Waals surface area contributed by atoms with Gasteiger partial charge in [0.05, 0.1) is 0 Å². The quantitative estimate of drug-likeness (QED) is 0.856. The summed E-state index contributed by atoms with van der Waals surface area (Å²) in [4.78, 5) is 20.0. The van der Waals surface area contributed by atoms with Crippen LogP contribution >= 0.6 is 0 Å². The zero-order valence-corrected chi connectivity index (χ0v) is 10.9. The summed E-state index contributed by atoms with van der Waals surface area (Å²) in [5.41, 5.74) is 2.63. The number of benzene rings is 1. The lowest BCUT2D eigenvalue weighted by Crippen LogP contribution is -2.11. The number of nitrogens with zero attached hydrogens (tertiary/aromatic N) is 2. The summed E-state index contributed by atoms with van der Waals surface area (Å²) in [5, 5.41) is 2.65. The smallest absolute Gasteiger partial charge is 0.250 e. The van der Waals surface area contributed by atoms with E-state index in [2.05, 4.69) is 15.3 Å². The number of hydrogen-bond acceptors (Lipinski definition) is 3. The lowest BCUT2D eigenvalue weighted by molar-refractivity contribution is -0.111. The number of carbonyl (C=O) groups is 1. The average Bonchev–Trinajstić information content (AvgIpc) is 2.36. The van der Waals surface area contributed by atoms with Crippen molar-refractivity contribution in [2.24, 2.45) is 0 Å². The Morgan fingerprint density at radius 3 is 2.37 bits per heavy atom. The van der Waals surface area contributed by atoms with E-state index >= 15 is 0 Å². The Kier molecular flexibility index (Phi) is 4.03. The number of hydrogen-bond donors (Lipinski definition) is 1. The van der Waals surface area contributed by atoms with Crippen molar-refractivity contribution in [3.05, 3.63) is 59.4 Å². The molecule has 19 heavy (non-hydrogen) atoms. The van der Waals surface area contributed by atoms with E-state index in [0.717, 1.165) is 17.0 Å². The van der Waals surface area contributed by atoms with Gasteiger partial charge in [-0.3, -0.25) is 10.1 Å². The fraction of sp³-hybridized carbons (Fsp3) is 0.133. The molecule has 0 bridgehead atoms. The third-order valence-electron chi connectivity index (χ3n) is 2.44. The molecule has 1 amide bonds. The predicted octanol–water partition coefficient (Wildman–Crippen LogP) is 2.75. The van der Waals surface area contributed by atoms with Gasteiger partial charge in [0.25, 0.3) is 5.91 Å². The van der Waals surface area contributed by atoms with E-state index in [9.17, 15) is 4.79 Å². The number of amides is 1. The topological polar surface area (TPSA) is 54.9 Å². The molecule has 1 N–H and O–H groups in total. The first-order valence-corrected chi connectivity index (χ1v) is 6.00. The first-order chi connectivity index (χ1) is 9.13. The van der Waals surface area contributed by atoms with Gasteiger partial charge in [-0.1, -0.05) is 30.3 Å². The molecule has 0 spiro atoms. The molecule has 4 heteroatoms. The highest BCUT2D eigenvalue weighted by Gasteiger charge is 2.02. The number of nitrogens with one attached hydrogen (secondary N) is 1. The number of rotatable bonds is 3. The van der Waals surface area contributed by atoms with Gasteiger partial charge in [-0.25, -0.2) is 9.97 Å². The standard InChI is InChI=1S/C15H15N3O/c1-11-10-12(2)17-15(16-11)18-14(19)9-8-13-6-4-3-5-7-13/h3-10H,1-2H3,(H,16,17,18,19). The Balaban J connectivity index is 2.03. The molecule has 0 saturated heterocycles. The van der Waals surface area contributed by atoms with E-state index in [1.165, 1.54) is 6.08 Å². The van der Waals surface area contributed by atoms with E-state index < -0.39 is 0 Å². The predicted molar refractivity (Wildman–Crippen MR) is 75.6 cm³/mol. The minimum Gasteiger partial charge on any atom is -0.291 e. The van der Waals surface area contributed by atoms with Crippen LogP contribution in [0.1, 0.15) is 17.0 Å². The summed E-state index contributed by atoms with van der Waals surface area (Å²) in [6.45, 7) is 3.73. The number of carbonyl (C=O) groups excluding carboxylic acids is 1. The SMILES string of the molecule is Cc1cc(C)nc(NC(=O)C=Cc2ccccc2)n1. The Hall–Kier alpha value is -2.49. The Labute approximate surface area is 112 Å². The van der Waals surface area contributed by atoms with Gasteiger partial charge in [0.15, 0.2) is 0 Å². The van der Waals surface area contributed by atoms with Gasteiger partial charge >= 0.3 is 0 Å². The van der Waals surface area contributed by atoms with Crippen molar-refractivity contribution in [3.8, 4) is 0 Å². The summed E-state index contributed by atoms with van der Waals surface area (Å²) < 4.78 is 0. The molecule has 0 aliphatic carbocycles. The second-order valence-electron chi connectivity index (χ2n) is 4.21. The summed E-state index contributed by atoms with van der Waals surface area (Å²) in [5.74, 6) is 0.0917. The Bertz CT molecular complexity index is 586. The van der Waals surface area contributed by atoms with Crippen LogP contribution in [0.5, 0.6) is 0 Å². The molecule has 1 heterocycles.